The molecule has 6 nitrogen and oxygen atoms in total. The highest BCUT2D eigenvalue weighted by Gasteiger charge is 2.47. The second-order valence-electron chi connectivity index (χ2n) is 3.65. The van der Waals surface area contributed by atoms with Crippen LogP contribution in [-0.2, 0) is 19.6 Å². The van der Waals surface area contributed by atoms with E-state index < -0.39 is 21.5 Å². The summed E-state index contributed by atoms with van der Waals surface area (Å²) in [7, 11) is -2.17. The third-order valence-corrected chi connectivity index (χ3v) is 3.93. The van der Waals surface area contributed by atoms with E-state index in [1.54, 1.807) is 0 Å². The van der Waals surface area contributed by atoms with Crippen LogP contribution in [0.15, 0.2) is 0 Å². The summed E-state index contributed by atoms with van der Waals surface area (Å²) in [4.78, 5) is 10.9. The van der Waals surface area contributed by atoms with Crippen molar-refractivity contribution in [1.82, 2.24) is 4.72 Å². The fourth-order valence-electron chi connectivity index (χ4n) is 1.43. The van der Waals surface area contributed by atoms with Crippen LogP contribution in [-0.4, -0.2) is 44.5 Å². The molecular weight excluding hydrogens is 222 g/mol. The number of nitrogens with one attached hydrogen (secondary N) is 1. The average Bonchev–Trinajstić information content (AvgIpc) is 2.08. The number of aliphatic carboxylic acids is 1. The molecule has 1 aliphatic carbocycles. The molecule has 0 unspecified atom stereocenters. The van der Waals surface area contributed by atoms with Gasteiger partial charge in [0.05, 0.1) is 12.4 Å². The first kappa shape index (κ1) is 12.4. The molecule has 1 saturated carbocycles. The van der Waals surface area contributed by atoms with E-state index >= 15 is 0 Å². The van der Waals surface area contributed by atoms with Crippen molar-refractivity contribution in [2.45, 2.75) is 24.8 Å². The van der Waals surface area contributed by atoms with Gasteiger partial charge in [0.1, 0.15) is 5.54 Å². The van der Waals surface area contributed by atoms with Crippen molar-refractivity contribution in [2.24, 2.45) is 0 Å². The lowest BCUT2D eigenvalue weighted by molar-refractivity contribution is -0.147. The number of carbonyl (C=O) groups is 1. The van der Waals surface area contributed by atoms with Crippen LogP contribution in [0.2, 0.25) is 0 Å². The van der Waals surface area contributed by atoms with Crippen molar-refractivity contribution in [2.75, 3.05) is 19.5 Å². The van der Waals surface area contributed by atoms with E-state index in [1.807, 2.05) is 0 Å². The highest BCUT2D eigenvalue weighted by Crippen LogP contribution is 2.32. The van der Waals surface area contributed by atoms with E-state index in [0.29, 0.717) is 12.8 Å². The highest BCUT2D eigenvalue weighted by molar-refractivity contribution is 7.89. The van der Waals surface area contributed by atoms with E-state index in [0.717, 1.165) is 6.42 Å². The SMILES string of the molecule is COCCS(=O)(=O)NC1(C(=O)O)CCC1. The summed E-state index contributed by atoms with van der Waals surface area (Å²) in [5.74, 6) is -1.31. The predicted molar refractivity (Wildman–Crippen MR) is 53.0 cm³/mol. The summed E-state index contributed by atoms with van der Waals surface area (Å²) in [5, 5.41) is 8.91. The zero-order chi connectivity index (χ0) is 11.5. The zero-order valence-corrected chi connectivity index (χ0v) is 9.34. The molecule has 0 bridgehead atoms. The normalized spacial score (nSPS) is 19.5. The van der Waals surface area contributed by atoms with Crippen LogP contribution in [0.1, 0.15) is 19.3 Å². The van der Waals surface area contributed by atoms with Gasteiger partial charge in [0, 0.05) is 7.11 Å². The predicted octanol–water partition coefficient (Wildman–Crippen LogP) is -0.440. The van der Waals surface area contributed by atoms with Crippen molar-refractivity contribution in [3.8, 4) is 0 Å². The van der Waals surface area contributed by atoms with Gasteiger partial charge in [-0.3, -0.25) is 4.79 Å². The van der Waals surface area contributed by atoms with Crippen molar-refractivity contribution in [1.29, 1.82) is 0 Å². The molecule has 0 amide bonds. The van der Waals surface area contributed by atoms with Gasteiger partial charge in [-0.15, -0.1) is 0 Å². The number of hydrogen-bond acceptors (Lipinski definition) is 4. The van der Waals surface area contributed by atoms with Crippen molar-refractivity contribution in [3.05, 3.63) is 0 Å². The molecule has 15 heavy (non-hydrogen) atoms. The summed E-state index contributed by atoms with van der Waals surface area (Å²) in [6.07, 6.45) is 1.45. The molecule has 0 aliphatic heterocycles. The first-order chi connectivity index (χ1) is 6.92. The third kappa shape index (κ3) is 2.90. The molecule has 1 rings (SSSR count). The summed E-state index contributed by atoms with van der Waals surface area (Å²) in [6.45, 7) is 0.0605. The van der Waals surface area contributed by atoms with E-state index in [1.165, 1.54) is 7.11 Å². The minimum absolute atomic E-state index is 0.0605. The van der Waals surface area contributed by atoms with E-state index in [-0.39, 0.29) is 12.4 Å². The fourth-order valence-corrected chi connectivity index (χ4v) is 2.81. The number of carboxylic acids is 1. The Morgan fingerprint density at radius 2 is 2.13 bits per heavy atom. The Kier molecular flexibility index (Phi) is 3.69. The molecule has 7 heteroatoms. The first-order valence-electron chi connectivity index (χ1n) is 4.66. The van der Waals surface area contributed by atoms with Crippen LogP contribution in [0, 0.1) is 0 Å². The monoisotopic (exact) mass is 237 g/mol. The maximum absolute atomic E-state index is 11.4. The maximum atomic E-state index is 11.4. The summed E-state index contributed by atoms with van der Waals surface area (Å²) in [6, 6.07) is 0. The van der Waals surface area contributed by atoms with Crippen LogP contribution in [0.25, 0.3) is 0 Å². The Labute approximate surface area is 88.7 Å². The van der Waals surface area contributed by atoms with Crippen LogP contribution >= 0.6 is 0 Å². The van der Waals surface area contributed by atoms with E-state index in [2.05, 4.69) is 9.46 Å². The van der Waals surface area contributed by atoms with Gasteiger partial charge in [-0.05, 0) is 19.3 Å². The molecule has 0 heterocycles. The van der Waals surface area contributed by atoms with Crippen molar-refractivity contribution < 1.29 is 23.1 Å². The standard InChI is InChI=1S/C8H15NO5S/c1-14-5-6-15(12,13)9-8(7(10)11)3-2-4-8/h9H,2-6H2,1H3,(H,10,11). The second kappa shape index (κ2) is 4.46. The van der Waals surface area contributed by atoms with Gasteiger partial charge < -0.3 is 9.84 Å². The lowest BCUT2D eigenvalue weighted by atomic mass is 9.78. The molecule has 88 valence electrons. The Morgan fingerprint density at radius 1 is 1.53 bits per heavy atom. The van der Waals surface area contributed by atoms with Crippen LogP contribution in [0.3, 0.4) is 0 Å². The van der Waals surface area contributed by atoms with Crippen LogP contribution in [0.4, 0.5) is 0 Å². The molecule has 0 aromatic heterocycles. The van der Waals surface area contributed by atoms with Gasteiger partial charge >= 0.3 is 5.97 Å². The van der Waals surface area contributed by atoms with Gasteiger partial charge in [0.15, 0.2) is 0 Å². The second-order valence-corrected chi connectivity index (χ2v) is 5.50. The number of carboxylic acid groups (broad SMARTS) is 1. The summed E-state index contributed by atoms with van der Waals surface area (Å²) < 4.78 is 29.8. The quantitative estimate of drug-likeness (QED) is 0.653. The average molecular weight is 237 g/mol. The molecular formula is C8H15NO5S. The lowest BCUT2D eigenvalue weighted by Gasteiger charge is -2.37. The summed E-state index contributed by atoms with van der Waals surface area (Å²) >= 11 is 0. The molecule has 2 N–H and O–H groups in total. The number of hydrogen-bond donors (Lipinski definition) is 2. The van der Waals surface area contributed by atoms with Crippen molar-refractivity contribution in [3.63, 3.8) is 0 Å². The molecule has 0 radical (unpaired) electrons. The largest absolute Gasteiger partial charge is 0.480 e. The maximum Gasteiger partial charge on any atom is 0.324 e. The van der Waals surface area contributed by atoms with Crippen LogP contribution in [0.5, 0.6) is 0 Å². The minimum atomic E-state index is -3.56. The Hall–Kier alpha value is -0.660. The molecule has 0 atom stereocenters. The van der Waals surface area contributed by atoms with Crippen molar-refractivity contribution >= 4 is 16.0 Å². The topological polar surface area (TPSA) is 92.7 Å². The molecule has 0 saturated heterocycles. The molecule has 1 fully saturated rings. The van der Waals surface area contributed by atoms with Gasteiger partial charge in [0.2, 0.25) is 10.0 Å². The van der Waals surface area contributed by atoms with Crippen LogP contribution < -0.4 is 4.72 Å². The molecule has 0 aromatic rings. The van der Waals surface area contributed by atoms with Gasteiger partial charge in [-0.2, -0.15) is 4.72 Å². The molecule has 1 aliphatic rings. The zero-order valence-electron chi connectivity index (χ0n) is 8.52. The Bertz CT molecular complexity index is 333. The number of rotatable bonds is 6. The highest BCUT2D eigenvalue weighted by atomic mass is 32.2. The lowest BCUT2D eigenvalue weighted by Crippen LogP contribution is -2.59. The Morgan fingerprint density at radius 3 is 2.47 bits per heavy atom. The molecule has 0 aromatic carbocycles. The Balaban J connectivity index is 2.63. The van der Waals surface area contributed by atoms with E-state index in [9.17, 15) is 13.2 Å². The first-order valence-corrected chi connectivity index (χ1v) is 6.31. The fraction of sp³-hybridized carbons (Fsp3) is 0.875. The molecule has 0 spiro atoms. The van der Waals surface area contributed by atoms with Gasteiger partial charge in [-0.1, -0.05) is 0 Å². The van der Waals surface area contributed by atoms with E-state index in [4.69, 9.17) is 5.11 Å². The number of ether oxygens (including phenoxy) is 1. The van der Waals surface area contributed by atoms with Gasteiger partial charge in [0.25, 0.3) is 0 Å². The minimum Gasteiger partial charge on any atom is -0.480 e. The third-order valence-electron chi connectivity index (χ3n) is 2.52. The number of sulfonamides is 1. The van der Waals surface area contributed by atoms with Gasteiger partial charge in [-0.25, -0.2) is 8.42 Å². The number of methoxy groups -OCH3 is 1. The smallest absolute Gasteiger partial charge is 0.324 e. The summed E-state index contributed by atoms with van der Waals surface area (Å²) in [5.41, 5.74) is -1.27.